The highest BCUT2D eigenvalue weighted by Gasteiger charge is 2.30. The van der Waals surface area contributed by atoms with Gasteiger partial charge in [-0.3, -0.25) is 19.0 Å². The van der Waals surface area contributed by atoms with Gasteiger partial charge in [0.25, 0.3) is 5.56 Å². The first-order valence-electron chi connectivity index (χ1n) is 9.23. The van der Waals surface area contributed by atoms with Crippen LogP contribution in [0.25, 0.3) is 10.9 Å². The van der Waals surface area contributed by atoms with Crippen molar-refractivity contribution >= 4 is 22.7 Å². The molecule has 2 aliphatic rings. The van der Waals surface area contributed by atoms with E-state index in [1.807, 2.05) is 12.1 Å². The fraction of sp³-hybridized carbons (Fsp3) is 0.400. The van der Waals surface area contributed by atoms with E-state index in [2.05, 4.69) is 22.2 Å². The largest absolute Gasteiger partial charge is 0.352 e. The average molecular weight is 366 g/mol. The van der Waals surface area contributed by atoms with Crippen LogP contribution in [-0.4, -0.2) is 21.4 Å². The fourth-order valence-corrected chi connectivity index (χ4v) is 3.62. The van der Waals surface area contributed by atoms with Gasteiger partial charge in [-0.15, -0.1) is 0 Å². The van der Waals surface area contributed by atoms with Crippen LogP contribution in [0.5, 0.6) is 0 Å². The van der Waals surface area contributed by atoms with Crippen molar-refractivity contribution in [1.29, 1.82) is 0 Å². The molecule has 2 fully saturated rings. The van der Waals surface area contributed by atoms with Gasteiger partial charge in [0.2, 0.25) is 11.8 Å². The van der Waals surface area contributed by atoms with Gasteiger partial charge in [0.05, 0.1) is 10.9 Å². The number of rotatable bonds is 4. The number of nitrogens with zero attached hydrogens (tertiary/aromatic N) is 2. The van der Waals surface area contributed by atoms with Gasteiger partial charge in [-0.2, -0.15) is 0 Å². The van der Waals surface area contributed by atoms with Gasteiger partial charge in [-0.25, -0.2) is 4.98 Å². The van der Waals surface area contributed by atoms with Gasteiger partial charge in [-0.1, -0.05) is 18.7 Å². The van der Waals surface area contributed by atoms with Gasteiger partial charge in [0.15, 0.2) is 0 Å². The molecule has 4 rings (SSSR count). The predicted molar refractivity (Wildman–Crippen MR) is 101 cm³/mol. The number of hydrogen-bond donors (Lipinski definition) is 2. The van der Waals surface area contributed by atoms with E-state index in [1.165, 1.54) is 4.57 Å². The smallest absolute Gasteiger partial charge is 0.262 e. The van der Waals surface area contributed by atoms with Gasteiger partial charge < -0.3 is 10.6 Å². The average Bonchev–Trinajstić information content (AvgIpc) is 3.46. The van der Waals surface area contributed by atoms with Crippen LogP contribution in [0, 0.1) is 12.8 Å². The second-order valence-electron chi connectivity index (χ2n) is 7.28. The van der Waals surface area contributed by atoms with E-state index in [-0.39, 0.29) is 29.8 Å². The maximum absolute atomic E-state index is 13.3. The molecule has 1 aromatic carbocycles. The molecule has 2 aromatic rings. The van der Waals surface area contributed by atoms with Gasteiger partial charge in [0.1, 0.15) is 11.9 Å². The van der Waals surface area contributed by atoms with E-state index < -0.39 is 6.04 Å². The predicted octanol–water partition coefficient (Wildman–Crippen LogP) is 1.70. The van der Waals surface area contributed by atoms with Crippen LogP contribution in [0.3, 0.4) is 0 Å². The zero-order valence-corrected chi connectivity index (χ0v) is 15.2. The molecule has 1 saturated carbocycles. The first-order chi connectivity index (χ1) is 13.0. The minimum absolute atomic E-state index is 0.0255. The Morgan fingerprint density at radius 3 is 2.81 bits per heavy atom. The minimum atomic E-state index is -0.603. The second kappa shape index (κ2) is 6.64. The molecule has 1 saturated heterocycles. The molecule has 1 atom stereocenters. The molecule has 2 N–H and O–H groups in total. The van der Waals surface area contributed by atoms with E-state index in [0.717, 1.165) is 12.8 Å². The first-order valence-corrected chi connectivity index (χ1v) is 9.23. The summed E-state index contributed by atoms with van der Waals surface area (Å²) in [6.07, 6.45) is 2.99. The van der Waals surface area contributed by atoms with Gasteiger partial charge in [-0.05, 0) is 44.2 Å². The number of hydrogen-bond acceptors (Lipinski definition) is 4. The van der Waals surface area contributed by atoms with Crippen molar-refractivity contribution in [1.82, 2.24) is 20.2 Å². The summed E-state index contributed by atoms with van der Waals surface area (Å²) in [5.41, 5.74) is 1.71. The summed E-state index contributed by atoms with van der Waals surface area (Å²) in [4.78, 5) is 42.2. The molecule has 140 valence electrons. The van der Waals surface area contributed by atoms with Crippen molar-refractivity contribution in [2.75, 3.05) is 0 Å². The number of fused-ring (bicyclic) bond motifs is 1. The molecule has 1 aromatic heterocycles. The highest BCUT2D eigenvalue weighted by atomic mass is 16.2. The van der Waals surface area contributed by atoms with E-state index in [4.69, 9.17) is 0 Å². The van der Waals surface area contributed by atoms with E-state index in [9.17, 15) is 14.4 Å². The first kappa shape index (κ1) is 17.5. The third kappa shape index (κ3) is 3.25. The number of allylic oxidation sites excluding steroid dienone is 1. The molecule has 2 heterocycles. The second-order valence-corrected chi connectivity index (χ2v) is 7.28. The Balaban J connectivity index is 1.75. The molecule has 7 nitrogen and oxygen atoms in total. The lowest BCUT2D eigenvalue weighted by Crippen LogP contribution is -2.41. The Kier molecular flexibility index (Phi) is 4.30. The molecule has 2 amide bonds. The third-order valence-electron chi connectivity index (χ3n) is 5.23. The summed E-state index contributed by atoms with van der Waals surface area (Å²) < 4.78 is 1.47. The molecule has 1 unspecified atom stereocenters. The van der Waals surface area contributed by atoms with Crippen LogP contribution in [0.4, 0.5) is 0 Å². The highest BCUT2D eigenvalue weighted by Crippen LogP contribution is 2.29. The van der Waals surface area contributed by atoms with Crippen molar-refractivity contribution in [3.63, 3.8) is 0 Å². The van der Waals surface area contributed by atoms with E-state index >= 15 is 0 Å². The Morgan fingerprint density at radius 1 is 1.33 bits per heavy atom. The Bertz CT molecular complexity index is 1020. The zero-order valence-electron chi connectivity index (χ0n) is 15.2. The van der Waals surface area contributed by atoms with Crippen molar-refractivity contribution in [3.8, 4) is 0 Å². The van der Waals surface area contributed by atoms with Crippen molar-refractivity contribution in [2.45, 2.75) is 45.2 Å². The van der Waals surface area contributed by atoms with Crippen molar-refractivity contribution < 1.29 is 9.59 Å². The normalized spacial score (nSPS) is 19.8. The number of aryl methyl sites for hydroxylation is 1. The molecule has 1 aliphatic carbocycles. The lowest BCUT2D eigenvalue weighted by Gasteiger charge is -2.26. The Labute approximate surface area is 156 Å². The zero-order chi connectivity index (χ0) is 19.1. The van der Waals surface area contributed by atoms with Gasteiger partial charge in [0, 0.05) is 18.2 Å². The maximum Gasteiger partial charge on any atom is 0.262 e. The molecular weight excluding hydrogens is 344 g/mol. The number of nitrogens with one attached hydrogen (secondary N) is 2. The fourth-order valence-electron chi connectivity index (χ4n) is 3.62. The number of carbonyl (C=O) groups is 2. The van der Waals surface area contributed by atoms with Crippen LogP contribution in [0.1, 0.15) is 43.1 Å². The third-order valence-corrected chi connectivity index (χ3v) is 5.23. The highest BCUT2D eigenvalue weighted by molar-refractivity contribution is 5.86. The number of benzene rings is 1. The number of aromatic nitrogens is 2. The lowest BCUT2D eigenvalue weighted by molar-refractivity contribution is -0.125. The molecule has 0 spiro atoms. The van der Waals surface area contributed by atoms with Crippen LogP contribution in [-0.2, 0) is 16.1 Å². The summed E-state index contributed by atoms with van der Waals surface area (Å²) in [5, 5.41) is 6.08. The summed E-state index contributed by atoms with van der Waals surface area (Å²) in [7, 11) is 0. The van der Waals surface area contributed by atoms with Crippen LogP contribution < -0.4 is 16.2 Å². The molecule has 27 heavy (non-hydrogen) atoms. The summed E-state index contributed by atoms with van der Waals surface area (Å²) in [5.74, 6) is 0.394. The summed E-state index contributed by atoms with van der Waals surface area (Å²) >= 11 is 0. The van der Waals surface area contributed by atoms with Gasteiger partial charge >= 0.3 is 0 Å². The number of amides is 2. The Morgan fingerprint density at radius 2 is 2.11 bits per heavy atom. The standard InChI is InChI=1S/C20H22N4O3/c1-11-6-9-16(19(26)22-11)24-12(2)23-15-5-3-4-14(17(15)20(24)27)10-21-18(25)13-7-8-13/h3-5,13,16H,1,6-10H2,2H3,(H,21,25)(H,22,26). The summed E-state index contributed by atoms with van der Waals surface area (Å²) in [6, 6.07) is 4.83. The molecular formula is C20H22N4O3. The number of carbonyl (C=O) groups excluding carboxylic acids is 2. The minimum Gasteiger partial charge on any atom is -0.352 e. The molecule has 7 heteroatoms. The molecule has 0 radical (unpaired) electrons. The topological polar surface area (TPSA) is 93.1 Å². The molecule has 0 bridgehead atoms. The van der Waals surface area contributed by atoms with Crippen LogP contribution in [0.2, 0.25) is 0 Å². The Hall–Kier alpha value is -2.96. The molecule has 1 aliphatic heterocycles. The van der Waals surface area contributed by atoms with Crippen LogP contribution >= 0.6 is 0 Å². The van der Waals surface area contributed by atoms with E-state index in [1.54, 1.807) is 13.0 Å². The van der Waals surface area contributed by atoms with Crippen molar-refractivity contribution in [2.24, 2.45) is 5.92 Å². The lowest BCUT2D eigenvalue weighted by atomic mass is 10.0. The van der Waals surface area contributed by atoms with Crippen LogP contribution in [0.15, 0.2) is 35.3 Å². The van der Waals surface area contributed by atoms with E-state index in [0.29, 0.717) is 40.8 Å². The van der Waals surface area contributed by atoms with Crippen molar-refractivity contribution in [3.05, 3.63) is 52.2 Å². The SMILES string of the molecule is C=C1CCC(n2c(C)nc3cccc(CNC(=O)C4CC4)c3c2=O)C(=O)N1. The quantitative estimate of drug-likeness (QED) is 0.861. The number of piperidine rings is 1. The maximum atomic E-state index is 13.3. The summed E-state index contributed by atoms with van der Waals surface area (Å²) in [6.45, 7) is 5.80. The monoisotopic (exact) mass is 366 g/mol.